The maximum atomic E-state index is 6.37. The van der Waals surface area contributed by atoms with Gasteiger partial charge in [0.05, 0.1) is 19.3 Å². The lowest BCUT2D eigenvalue weighted by atomic mass is 10.2. The summed E-state index contributed by atoms with van der Waals surface area (Å²) in [5.41, 5.74) is 1.19. The Labute approximate surface area is 155 Å². The van der Waals surface area contributed by atoms with Crippen molar-refractivity contribution in [1.29, 1.82) is 0 Å². The monoisotopic (exact) mass is 448 g/mol. The van der Waals surface area contributed by atoms with Crippen LogP contribution in [0.2, 0.25) is 18.1 Å². The highest BCUT2D eigenvalue weighted by molar-refractivity contribution is 14.1. The minimum absolute atomic E-state index is 0.0177. The van der Waals surface area contributed by atoms with E-state index in [9.17, 15) is 0 Å². The zero-order valence-corrected chi connectivity index (χ0v) is 18.0. The largest absolute Gasteiger partial charge is 0.414 e. The molecule has 130 valence electrons. The first kappa shape index (κ1) is 19.4. The fraction of sp³-hybridized carbons (Fsp3) is 0.667. The van der Waals surface area contributed by atoms with Gasteiger partial charge in [-0.15, -0.1) is 0 Å². The Morgan fingerprint density at radius 2 is 1.87 bits per heavy atom. The number of alkyl halides is 1. The maximum Gasteiger partial charge on any atom is 0.192 e. The highest BCUT2D eigenvalue weighted by Crippen LogP contribution is 2.37. The molecular formula is C18H29IO3Si. The molecule has 5 heteroatoms. The smallest absolute Gasteiger partial charge is 0.192 e. The van der Waals surface area contributed by atoms with E-state index < -0.39 is 8.32 Å². The number of epoxide rings is 1. The van der Waals surface area contributed by atoms with Crippen molar-refractivity contribution in [3.05, 3.63) is 35.9 Å². The molecule has 1 heterocycles. The molecule has 1 aromatic rings. The van der Waals surface area contributed by atoms with Crippen LogP contribution < -0.4 is 0 Å². The van der Waals surface area contributed by atoms with Gasteiger partial charge in [-0.05, 0) is 23.7 Å². The van der Waals surface area contributed by atoms with Gasteiger partial charge in [0.15, 0.2) is 8.32 Å². The third-order valence-corrected chi connectivity index (χ3v) is 10.2. The van der Waals surface area contributed by atoms with Crippen molar-refractivity contribution in [2.24, 2.45) is 0 Å². The number of benzene rings is 1. The first-order chi connectivity index (χ1) is 10.7. The second-order valence-corrected chi connectivity index (χ2v) is 13.4. The minimum Gasteiger partial charge on any atom is -0.414 e. The van der Waals surface area contributed by atoms with E-state index in [0.29, 0.717) is 19.3 Å². The van der Waals surface area contributed by atoms with Crippen molar-refractivity contribution in [1.82, 2.24) is 0 Å². The molecule has 0 spiro atoms. The molecule has 0 aromatic heterocycles. The Balaban J connectivity index is 1.93. The number of halogens is 1. The van der Waals surface area contributed by atoms with Crippen LogP contribution >= 0.6 is 22.6 Å². The van der Waals surface area contributed by atoms with Crippen LogP contribution in [-0.4, -0.2) is 37.7 Å². The van der Waals surface area contributed by atoms with Crippen molar-refractivity contribution in [2.45, 2.75) is 63.8 Å². The molecule has 0 aliphatic carbocycles. The standard InChI is InChI=1S/C18H29IO3Si/c1-18(2,3)23(4,5)21-13-16(17-15(11-19)22-17)20-12-14-9-7-6-8-10-14/h6-10,15-17H,11-13H2,1-5H3/t15-,16-,17+/m1/s1. The second-order valence-electron chi connectivity index (χ2n) is 7.70. The molecule has 1 aromatic carbocycles. The zero-order chi connectivity index (χ0) is 17.1. The summed E-state index contributed by atoms with van der Waals surface area (Å²) in [6.45, 7) is 12.6. The molecule has 1 saturated heterocycles. The molecule has 3 nitrogen and oxygen atoms in total. The molecule has 2 rings (SSSR count). The molecule has 0 unspecified atom stereocenters. The summed E-state index contributed by atoms with van der Waals surface area (Å²) in [5, 5.41) is 0.212. The average molecular weight is 448 g/mol. The van der Waals surface area contributed by atoms with Crippen molar-refractivity contribution in [2.75, 3.05) is 11.0 Å². The van der Waals surface area contributed by atoms with Gasteiger partial charge in [0.25, 0.3) is 0 Å². The Bertz CT molecular complexity index is 487. The van der Waals surface area contributed by atoms with Crippen LogP contribution in [0.1, 0.15) is 26.3 Å². The van der Waals surface area contributed by atoms with Crippen LogP contribution in [0.5, 0.6) is 0 Å². The fourth-order valence-electron chi connectivity index (χ4n) is 2.13. The topological polar surface area (TPSA) is 31.0 Å². The van der Waals surface area contributed by atoms with Crippen molar-refractivity contribution >= 4 is 30.9 Å². The first-order valence-electron chi connectivity index (χ1n) is 8.25. The number of hydrogen-bond acceptors (Lipinski definition) is 3. The third kappa shape index (κ3) is 5.52. The summed E-state index contributed by atoms with van der Waals surface area (Å²) < 4.78 is 19.3. The van der Waals surface area contributed by atoms with E-state index in [-0.39, 0.29) is 17.2 Å². The van der Waals surface area contributed by atoms with Gasteiger partial charge >= 0.3 is 0 Å². The summed E-state index contributed by atoms with van der Waals surface area (Å²) in [5.74, 6) is 0. The third-order valence-electron chi connectivity index (χ3n) is 4.86. The fourth-order valence-corrected chi connectivity index (χ4v) is 3.85. The minimum atomic E-state index is -1.76. The number of hydrogen-bond donors (Lipinski definition) is 0. The van der Waals surface area contributed by atoms with Crippen LogP contribution in [0.25, 0.3) is 0 Å². The Morgan fingerprint density at radius 3 is 2.39 bits per heavy atom. The van der Waals surface area contributed by atoms with Gasteiger partial charge < -0.3 is 13.9 Å². The molecule has 1 fully saturated rings. The van der Waals surface area contributed by atoms with Gasteiger partial charge in [-0.2, -0.15) is 0 Å². The summed E-state index contributed by atoms with van der Waals surface area (Å²) >= 11 is 2.37. The maximum absolute atomic E-state index is 6.37. The van der Waals surface area contributed by atoms with Gasteiger partial charge in [0.1, 0.15) is 12.2 Å². The molecule has 0 radical (unpaired) electrons. The Kier molecular flexibility index (Phi) is 6.70. The molecule has 1 aliphatic heterocycles. The lowest BCUT2D eigenvalue weighted by molar-refractivity contribution is -0.00992. The van der Waals surface area contributed by atoms with E-state index in [2.05, 4.69) is 68.6 Å². The quantitative estimate of drug-likeness (QED) is 0.248. The van der Waals surface area contributed by atoms with Gasteiger partial charge in [0, 0.05) is 4.43 Å². The van der Waals surface area contributed by atoms with Crippen LogP contribution in [0.15, 0.2) is 30.3 Å². The molecule has 3 atom stereocenters. The van der Waals surface area contributed by atoms with Crippen molar-refractivity contribution < 1.29 is 13.9 Å². The summed E-state index contributed by atoms with van der Waals surface area (Å²) in [6, 6.07) is 10.3. The Hall–Kier alpha value is 0.0469. The molecule has 0 saturated carbocycles. The Morgan fingerprint density at radius 1 is 1.22 bits per heavy atom. The van der Waals surface area contributed by atoms with Gasteiger partial charge in [-0.25, -0.2) is 0 Å². The van der Waals surface area contributed by atoms with Gasteiger partial charge in [-0.3, -0.25) is 0 Å². The lowest BCUT2D eigenvalue weighted by Crippen LogP contribution is -2.44. The van der Waals surface area contributed by atoms with E-state index in [1.165, 1.54) is 5.56 Å². The summed E-state index contributed by atoms with van der Waals surface area (Å²) in [6.07, 6.45) is 0.517. The molecule has 1 aliphatic rings. The van der Waals surface area contributed by atoms with Crippen LogP contribution in [-0.2, 0) is 20.5 Å². The van der Waals surface area contributed by atoms with E-state index in [1.54, 1.807) is 0 Å². The van der Waals surface area contributed by atoms with Crippen LogP contribution in [0.4, 0.5) is 0 Å². The van der Waals surface area contributed by atoms with Gasteiger partial charge in [-0.1, -0.05) is 73.7 Å². The molecule has 0 amide bonds. The number of rotatable bonds is 8. The first-order valence-corrected chi connectivity index (χ1v) is 12.7. The van der Waals surface area contributed by atoms with Crippen LogP contribution in [0, 0.1) is 0 Å². The van der Waals surface area contributed by atoms with Crippen molar-refractivity contribution in [3.8, 4) is 0 Å². The SMILES string of the molecule is CC(C)(C)[Si](C)(C)OC[C@@H](OCc1ccccc1)[C@H]1O[C@@H]1CI. The van der Waals surface area contributed by atoms with E-state index in [0.717, 1.165) is 4.43 Å². The van der Waals surface area contributed by atoms with Crippen LogP contribution in [0.3, 0.4) is 0 Å². The van der Waals surface area contributed by atoms with Crippen molar-refractivity contribution in [3.63, 3.8) is 0 Å². The molecule has 0 N–H and O–H groups in total. The highest BCUT2D eigenvalue weighted by Gasteiger charge is 2.46. The molecule has 23 heavy (non-hydrogen) atoms. The highest BCUT2D eigenvalue weighted by atomic mass is 127. The number of ether oxygens (including phenoxy) is 2. The predicted molar refractivity (Wildman–Crippen MR) is 106 cm³/mol. The van der Waals surface area contributed by atoms with E-state index >= 15 is 0 Å². The summed E-state index contributed by atoms with van der Waals surface area (Å²) in [4.78, 5) is 0. The normalized spacial score (nSPS) is 22.9. The molecular weight excluding hydrogens is 419 g/mol. The van der Waals surface area contributed by atoms with E-state index in [4.69, 9.17) is 13.9 Å². The van der Waals surface area contributed by atoms with Gasteiger partial charge in [0.2, 0.25) is 0 Å². The zero-order valence-electron chi connectivity index (χ0n) is 14.8. The lowest BCUT2D eigenvalue weighted by Gasteiger charge is -2.37. The summed E-state index contributed by atoms with van der Waals surface area (Å²) in [7, 11) is -1.76. The molecule has 0 bridgehead atoms. The van der Waals surface area contributed by atoms with E-state index in [1.807, 2.05) is 18.2 Å². The second kappa shape index (κ2) is 7.95. The average Bonchev–Trinajstić information content (AvgIpc) is 3.26. The predicted octanol–water partition coefficient (Wildman–Crippen LogP) is 4.80.